The largest absolute Gasteiger partial charge is 0.387 e. The van der Waals surface area contributed by atoms with E-state index in [1.807, 2.05) is 13.8 Å². The number of aliphatic hydroxyl groups excluding tert-OH is 1. The summed E-state index contributed by atoms with van der Waals surface area (Å²) >= 11 is 0. The third-order valence-corrected chi connectivity index (χ3v) is 5.78. The van der Waals surface area contributed by atoms with Crippen LogP contribution < -0.4 is 0 Å². The molecule has 4 heteroatoms. The van der Waals surface area contributed by atoms with Crippen LogP contribution in [0.2, 0.25) is 0 Å². The highest BCUT2D eigenvalue weighted by Crippen LogP contribution is 2.53. The standard InChI is InChI=1S/C15H28O4/c1-13(2,11-7-4-3-5-8-11)14(17)10-6-9-12(16)15(14,18)19/h11-12,16-19H,3-10H2,1-2H3. The molecule has 4 nitrogen and oxygen atoms in total. The van der Waals surface area contributed by atoms with Gasteiger partial charge < -0.3 is 20.4 Å². The van der Waals surface area contributed by atoms with Crippen molar-refractivity contribution >= 4 is 0 Å². The minimum atomic E-state index is -2.41. The van der Waals surface area contributed by atoms with Crippen molar-refractivity contribution < 1.29 is 20.4 Å². The first-order valence-corrected chi connectivity index (χ1v) is 7.58. The van der Waals surface area contributed by atoms with Crippen LogP contribution in [0.5, 0.6) is 0 Å². The maximum absolute atomic E-state index is 11.0. The monoisotopic (exact) mass is 272 g/mol. The molecule has 0 aliphatic heterocycles. The van der Waals surface area contributed by atoms with E-state index in [2.05, 4.69) is 0 Å². The van der Waals surface area contributed by atoms with Crippen LogP contribution in [0.15, 0.2) is 0 Å². The van der Waals surface area contributed by atoms with E-state index in [0.29, 0.717) is 19.3 Å². The highest BCUT2D eigenvalue weighted by atomic mass is 16.5. The van der Waals surface area contributed by atoms with Crippen LogP contribution in [0, 0.1) is 11.3 Å². The molecule has 112 valence electrons. The van der Waals surface area contributed by atoms with Crippen LogP contribution in [0.4, 0.5) is 0 Å². The van der Waals surface area contributed by atoms with Gasteiger partial charge in [-0.15, -0.1) is 0 Å². The summed E-state index contributed by atoms with van der Waals surface area (Å²) in [5.74, 6) is -2.14. The minimum Gasteiger partial charge on any atom is -0.387 e. The Morgan fingerprint density at radius 2 is 1.47 bits per heavy atom. The summed E-state index contributed by atoms with van der Waals surface area (Å²) in [6, 6.07) is 0. The van der Waals surface area contributed by atoms with Crippen molar-refractivity contribution in [1.29, 1.82) is 0 Å². The second-order valence-corrected chi connectivity index (χ2v) is 7.05. The Balaban J connectivity index is 2.30. The fourth-order valence-electron chi connectivity index (χ4n) is 4.17. The van der Waals surface area contributed by atoms with Gasteiger partial charge in [-0.05, 0) is 38.0 Å². The molecule has 2 rings (SSSR count). The van der Waals surface area contributed by atoms with Gasteiger partial charge >= 0.3 is 0 Å². The first kappa shape index (κ1) is 15.2. The van der Waals surface area contributed by atoms with Gasteiger partial charge in [0.15, 0.2) is 0 Å². The molecule has 19 heavy (non-hydrogen) atoms. The second kappa shape index (κ2) is 4.99. The van der Waals surface area contributed by atoms with Crippen LogP contribution >= 0.6 is 0 Å². The maximum atomic E-state index is 11.0. The molecule has 4 N–H and O–H groups in total. The Bertz CT molecular complexity index is 320. The van der Waals surface area contributed by atoms with Crippen LogP contribution in [0.3, 0.4) is 0 Å². The number of hydrogen-bond donors (Lipinski definition) is 4. The van der Waals surface area contributed by atoms with Crippen molar-refractivity contribution in [3.8, 4) is 0 Å². The normalized spacial score (nSPS) is 37.3. The smallest absolute Gasteiger partial charge is 0.219 e. The molecular weight excluding hydrogens is 244 g/mol. The van der Waals surface area contributed by atoms with Crippen LogP contribution in [0.25, 0.3) is 0 Å². The summed E-state index contributed by atoms with van der Waals surface area (Å²) in [6.07, 6.45) is 5.54. The average Bonchev–Trinajstić information content (AvgIpc) is 2.37. The fraction of sp³-hybridized carbons (Fsp3) is 1.00. The van der Waals surface area contributed by atoms with Gasteiger partial charge in [-0.25, -0.2) is 0 Å². The maximum Gasteiger partial charge on any atom is 0.219 e. The summed E-state index contributed by atoms with van der Waals surface area (Å²) in [7, 11) is 0. The van der Waals surface area contributed by atoms with Gasteiger partial charge in [0.05, 0.1) is 0 Å². The zero-order valence-electron chi connectivity index (χ0n) is 12.1. The second-order valence-electron chi connectivity index (χ2n) is 7.05. The zero-order valence-corrected chi connectivity index (χ0v) is 12.1. The number of hydrogen-bond acceptors (Lipinski definition) is 4. The van der Waals surface area contributed by atoms with Gasteiger partial charge in [0.25, 0.3) is 0 Å². The molecular formula is C15H28O4. The van der Waals surface area contributed by atoms with E-state index in [1.165, 1.54) is 6.42 Å². The van der Waals surface area contributed by atoms with E-state index < -0.39 is 22.9 Å². The van der Waals surface area contributed by atoms with Crippen molar-refractivity contribution in [3.05, 3.63) is 0 Å². The molecule has 2 aliphatic rings. The number of aliphatic hydroxyl groups is 4. The molecule has 2 atom stereocenters. The molecule has 2 unspecified atom stereocenters. The molecule has 0 heterocycles. The first-order valence-electron chi connectivity index (χ1n) is 7.58. The lowest BCUT2D eigenvalue weighted by atomic mass is 9.55. The molecule has 2 aliphatic carbocycles. The van der Waals surface area contributed by atoms with E-state index in [1.54, 1.807) is 0 Å². The van der Waals surface area contributed by atoms with Crippen molar-refractivity contribution in [1.82, 2.24) is 0 Å². The van der Waals surface area contributed by atoms with Crippen LogP contribution in [0.1, 0.15) is 65.2 Å². The Morgan fingerprint density at radius 3 is 2.05 bits per heavy atom. The summed E-state index contributed by atoms with van der Waals surface area (Å²) < 4.78 is 0. The van der Waals surface area contributed by atoms with E-state index in [0.717, 1.165) is 25.7 Å². The van der Waals surface area contributed by atoms with Gasteiger partial charge in [-0.2, -0.15) is 0 Å². The van der Waals surface area contributed by atoms with Gasteiger partial charge in [-0.3, -0.25) is 0 Å². The molecule has 0 aromatic rings. The predicted octanol–water partition coefficient (Wildman–Crippen LogP) is 1.55. The Kier molecular flexibility index (Phi) is 4.00. The summed E-state index contributed by atoms with van der Waals surface area (Å²) in [6.45, 7) is 3.84. The van der Waals surface area contributed by atoms with Crippen LogP contribution in [-0.4, -0.2) is 37.9 Å². The van der Waals surface area contributed by atoms with Crippen molar-refractivity contribution in [3.63, 3.8) is 0 Å². The lowest BCUT2D eigenvalue weighted by molar-refractivity contribution is -0.363. The van der Waals surface area contributed by atoms with E-state index >= 15 is 0 Å². The predicted molar refractivity (Wildman–Crippen MR) is 72.3 cm³/mol. The summed E-state index contributed by atoms with van der Waals surface area (Å²) in [5.41, 5.74) is -2.25. The third-order valence-electron chi connectivity index (χ3n) is 5.78. The van der Waals surface area contributed by atoms with Gasteiger partial charge in [0, 0.05) is 5.41 Å². The molecule has 0 spiro atoms. The molecule has 2 fully saturated rings. The molecule has 0 saturated heterocycles. The Labute approximate surface area is 115 Å². The summed E-state index contributed by atoms with van der Waals surface area (Å²) in [5, 5.41) is 41.4. The van der Waals surface area contributed by atoms with Crippen molar-refractivity contribution in [2.75, 3.05) is 0 Å². The molecule has 0 aromatic heterocycles. The Morgan fingerprint density at radius 1 is 0.895 bits per heavy atom. The quantitative estimate of drug-likeness (QED) is 0.575. The van der Waals surface area contributed by atoms with Crippen molar-refractivity contribution in [2.45, 2.75) is 82.7 Å². The molecule has 0 aromatic carbocycles. The first-order chi connectivity index (χ1) is 8.73. The zero-order chi connectivity index (χ0) is 14.3. The number of rotatable bonds is 2. The molecule has 2 saturated carbocycles. The topological polar surface area (TPSA) is 80.9 Å². The highest BCUT2D eigenvalue weighted by molar-refractivity contribution is 5.09. The summed E-state index contributed by atoms with van der Waals surface area (Å²) in [4.78, 5) is 0. The lowest BCUT2D eigenvalue weighted by Gasteiger charge is -2.57. The molecule has 0 radical (unpaired) electrons. The molecule has 0 bridgehead atoms. The van der Waals surface area contributed by atoms with E-state index in [-0.39, 0.29) is 5.92 Å². The SMILES string of the molecule is CC(C)(C1CCCCC1)C1(O)CCCC(O)C1(O)O. The van der Waals surface area contributed by atoms with E-state index in [4.69, 9.17) is 0 Å². The van der Waals surface area contributed by atoms with Crippen molar-refractivity contribution in [2.24, 2.45) is 11.3 Å². The van der Waals surface area contributed by atoms with Gasteiger partial charge in [0.1, 0.15) is 11.7 Å². The Hall–Kier alpha value is -0.160. The van der Waals surface area contributed by atoms with E-state index in [9.17, 15) is 20.4 Å². The van der Waals surface area contributed by atoms with Gasteiger partial charge in [-0.1, -0.05) is 33.1 Å². The van der Waals surface area contributed by atoms with Crippen LogP contribution in [-0.2, 0) is 0 Å². The fourth-order valence-corrected chi connectivity index (χ4v) is 4.17. The third kappa shape index (κ3) is 2.23. The van der Waals surface area contributed by atoms with Gasteiger partial charge in [0.2, 0.25) is 5.79 Å². The minimum absolute atomic E-state index is 0.273. The average molecular weight is 272 g/mol. The molecule has 0 amide bonds. The highest BCUT2D eigenvalue weighted by Gasteiger charge is 2.63. The lowest BCUT2D eigenvalue weighted by Crippen LogP contribution is -2.70.